The number of rotatable bonds is 3. The number of nitrogens with zero attached hydrogens (tertiary/aromatic N) is 1. The van der Waals surface area contributed by atoms with Gasteiger partial charge in [0, 0.05) is 11.3 Å². The molecule has 1 aromatic rings. The van der Waals surface area contributed by atoms with E-state index in [4.69, 9.17) is 11.0 Å². The molecule has 3 N–H and O–H groups in total. The zero-order chi connectivity index (χ0) is 10.6. The summed E-state index contributed by atoms with van der Waals surface area (Å²) in [6.45, 7) is 1.92. The van der Waals surface area contributed by atoms with Crippen molar-refractivity contribution in [2.45, 2.75) is 25.4 Å². The summed E-state index contributed by atoms with van der Waals surface area (Å²) in [5.74, 6) is 0. The van der Waals surface area contributed by atoms with Gasteiger partial charge in [0.05, 0.1) is 0 Å². The Hall–Kier alpha value is -1.53. The van der Waals surface area contributed by atoms with Gasteiger partial charge in [0.1, 0.15) is 6.07 Å². The number of anilines is 1. The second kappa shape index (κ2) is 4.12. The van der Waals surface area contributed by atoms with Crippen LogP contribution in [0.4, 0.5) is 5.69 Å². The van der Waals surface area contributed by atoms with Gasteiger partial charge >= 0.3 is 0 Å². The predicted molar refractivity (Wildman–Crippen MR) is 55.3 cm³/mol. The van der Waals surface area contributed by atoms with Crippen LogP contribution in [0.2, 0.25) is 0 Å². The van der Waals surface area contributed by atoms with Crippen molar-refractivity contribution in [3.05, 3.63) is 29.8 Å². The number of hydrogen-bond acceptors (Lipinski definition) is 3. The SMILES string of the molecule is CCCC(O)(C#N)c1ccccc1N. The first-order valence-electron chi connectivity index (χ1n) is 4.62. The van der Waals surface area contributed by atoms with E-state index in [1.165, 1.54) is 0 Å². The second-order valence-corrected chi connectivity index (χ2v) is 3.31. The summed E-state index contributed by atoms with van der Waals surface area (Å²) < 4.78 is 0. The lowest BCUT2D eigenvalue weighted by Gasteiger charge is -2.21. The third kappa shape index (κ3) is 1.86. The van der Waals surface area contributed by atoms with Crippen molar-refractivity contribution in [2.75, 3.05) is 5.73 Å². The Morgan fingerprint density at radius 2 is 2.14 bits per heavy atom. The fourth-order valence-corrected chi connectivity index (χ4v) is 1.49. The van der Waals surface area contributed by atoms with Gasteiger partial charge in [0.15, 0.2) is 5.60 Å². The number of aliphatic hydroxyl groups is 1. The van der Waals surface area contributed by atoms with Crippen LogP contribution in [0.25, 0.3) is 0 Å². The van der Waals surface area contributed by atoms with Crippen LogP contribution < -0.4 is 5.73 Å². The molecule has 0 saturated carbocycles. The van der Waals surface area contributed by atoms with Crippen molar-refractivity contribution in [2.24, 2.45) is 0 Å². The second-order valence-electron chi connectivity index (χ2n) is 3.31. The highest BCUT2D eigenvalue weighted by molar-refractivity contribution is 5.51. The maximum absolute atomic E-state index is 10.0. The monoisotopic (exact) mass is 190 g/mol. The van der Waals surface area contributed by atoms with Gasteiger partial charge in [-0.1, -0.05) is 31.5 Å². The van der Waals surface area contributed by atoms with E-state index in [0.717, 1.165) is 6.42 Å². The molecule has 3 nitrogen and oxygen atoms in total. The molecule has 0 aromatic heterocycles. The van der Waals surface area contributed by atoms with Crippen LogP contribution in [0.3, 0.4) is 0 Å². The van der Waals surface area contributed by atoms with Gasteiger partial charge in [0.2, 0.25) is 0 Å². The zero-order valence-electron chi connectivity index (χ0n) is 8.20. The topological polar surface area (TPSA) is 70.0 Å². The normalized spacial score (nSPS) is 14.4. The van der Waals surface area contributed by atoms with E-state index in [9.17, 15) is 5.11 Å². The van der Waals surface area contributed by atoms with E-state index in [1.807, 2.05) is 13.0 Å². The van der Waals surface area contributed by atoms with Gasteiger partial charge in [-0.05, 0) is 12.5 Å². The molecule has 0 aliphatic rings. The summed E-state index contributed by atoms with van der Waals surface area (Å²) in [6, 6.07) is 8.84. The largest absolute Gasteiger partial charge is 0.398 e. The van der Waals surface area contributed by atoms with Crippen molar-refractivity contribution in [3.8, 4) is 6.07 Å². The van der Waals surface area contributed by atoms with Crippen LogP contribution in [0.15, 0.2) is 24.3 Å². The molecule has 1 rings (SSSR count). The quantitative estimate of drug-likeness (QED) is 0.563. The average Bonchev–Trinajstić information content (AvgIpc) is 2.18. The number of nitriles is 1. The smallest absolute Gasteiger partial charge is 0.178 e. The lowest BCUT2D eigenvalue weighted by atomic mass is 9.90. The Morgan fingerprint density at radius 3 is 2.64 bits per heavy atom. The molecule has 0 heterocycles. The van der Waals surface area contributed by atoms with Crippen LogP contribution in [-0.4, -0.2) is 5.11 Å². The van der Waals surface area contributed by atoms with Gasteiger partial charge in [-0.2, -0.15) is 5.26 Å². The van der Waals surface area contributed by atoms with E-state index < -0.39 is 5.60 Å². The van der Waals surface area contributed by atoms with Crippen LogP contribution in [0.1, 0.15) is 25.3 Å². The summed E-state index contributed by atoms with van der Waals surface area (Å²) in [7, 11) is 0. The molecule has 0 radical (unpaired) electrons. The van der Waals surface area contributed by atoms with E-state index >= 15 is 0 Å². The zero-order valence-corrected chi connectivity index (χ0v) is 8.20. The first kappa shape index (κ1) is 10.6. The highest BCUT2D eigenvalue weighted by atomic mass is 16.3. The summed E-state index contributed by atoms with van der Waals surface area (Å²) in [4.78, 5) is 0. The van der Waals surface area contributed by atoms with Crippen LogP contribution in [0.5, 0.6) is 0 Å². The number of nitrogens with two attached hydrogens (primary N) is 1. The molecule has 0 aliphatic heterocycles. The maximum atomic E-state index is 10.0. The number of nitrogen functional groups attached to an aromatic ring is 1. The summed E-state index contributed by atoms with van der Waals surface area (Å²) in [6.07, 6.45) is 1.14. The van der Waals surface area contributed by atoms with Crippen molar-refractivity contribution < 1.29 is 5.11 Å². The lowest BCUT2D eigenvalue weighted by Crippen LogP contribution is -2.24. The van der Waals surface area contributed by atoms with E-state index in [2.05, 4.69) is 0 Å². The van der Waals surface area contributed by atoms with Crippen LogP contribution in [-0.2, 0) is 5.60 Å². The lowest BCUT2D eigenvalue weighted by molar-refractivity contribution is 0.0878. The molecule has 0 aliphatic carbocycles. The summed E-state index contributed by atoms with van der Waals surface area (Å²) in [5.41, 5.74) is 5.22. The molecule has 1 aromatic carbocycles. The minimum atomic E-state index is -1.44. The first-order chi connectivity index (χ1) is 6.64. The third-order valence-corrected chi connectivity index (χ3v) is 2.20. The Labute approximate surface area is 83.8 Å². The molecule has 14 heavy (non-hydrogen) atoms. The minimum absolute atomic E-state index is 0.401. The molecule has 1 unspecified atom stereocenters. The predicted octanol–water partition coefficient (Wildman–Crippen LogP) is 1.78. The Kier molecular flexibility index (Phi) is 3.10. The van der Waals surface area contributed by atoms with E-state index in [1.54, 1.807) is 24.3 Å². The van der Waals surface area contributed by atoms with Crippen molar-refractivity contribution in [1.82, 2.24) is 0 Å². The Bertz CT molecular complexity index is 357. The van der Waals surface area contributed by atoms with Gasteiger partial charge in [-0.15, -0.1) is 0 Å². The molecular formula is C11H14N2O. The van der Waals surface area contributed by atoms with E-state index in [0.29, 0.717) is 17.7 Å². The highest BCUT2D eigenvalue weighted by Crippen LogP contribution is 2.29. The fourth-order valence-electron chi connectivity index (χ4n) is 1.49. The minimum Gasteiger partial charge on any atom is -0.398 e. The third-order valence-electron chi connectivity index (χ3n) is 2.20. The van der Waals surface area contributed by atoms with Gasteiger partial charge in [0.25, 0.3) is 0 Å². The molecule has 1 atom stereocenters. The molecule has 3 heteroatoms. The van der Waals surface area contributed by atoms with Crippen LogP contribution >= 0.6 is 0 Å². The summed E-state index contributed by atoms with van der Waals surface area (Å²) >= 11 is 0. The molecule has 0 bridgehead atoms. The number of benzene rings is 1. The molecule has 0 saturated heterocycles. The van der Waals surface area contributed by atoms with Gasteiger partial charge in [-0.25, -0.2) is 0 Å². The Balaban J connectivity index is 3.14. The fraction of sp³-hybridized carbons (Fsp3) is 0.364. The van der Waals surface area contributed by atoms with Crippen molar-refractivity contribution >= 4 is 5.69 Å². The molecular weight excluding hydrogens is 176 g/mol. The van der Waals surface area contributed by atoms with E-state index in [-0.39, 0.29) is 0 Å². The number of para-hydroxylation sites is 1. The van der Waals surface area contributed by atoms with Crippen LogP contribution in [0, 0.1) is 11.3 Å². The molecule has 0 amide bonds. The first-order valence-corrected chi connectivity index (χ1v) is 4.62. The Morgan fingerprint density at radius 1 is 1.50 bits per heavy atom. The standard InChI is InChI=1S/C11H14N2O/c1-2-7-11(14,8-12)9-5-3-4-6-10(9)13/h3-6,14H,2,7,13H2,1H3. The average molecular weight is 190 g/mol. The number of hydrogen-bond donors (Lipinski definition) is 2. The van der Waals surface area contributed by atoms with Crippen molar-refractivity contribution in [1.29, 1.82) is 5.26 Å². The van der Waals surface area contributed by atoms with Gasteiger partial charge in [-0.3, -0.25) is 0 Å². The van der Waals surface area contributed by atoms with Crippen molar-refractivity contribution in [3.63, 3.8) is 0 Å². The highest BCUT2D eigenvalue weighted by Gasteiger charge is 2.29. The molecule has 74 valence electrons. The molecule has 0 spiro atoms. The summed E-state index contributed by atoms with van der Waals surface area (Å²) in [5, 5.41) is 19.0. The van der Waals surface area contributed by atoms with Gasteiger partial charge < -0.3 is 10.8 Å². The maximum Gasteiger partial charge on any atom is 0.178 e. The molecule has 0 fully saturated rings.